The molecule has 0 atom stereocenters. The third kappa shape index (κ3) is 4.93. The quantitative estimate of drug-likeness (QED) is 0.0907. The van der Waals surface area contributed by atoms with Gasteiger partial charge in [-0.3, -0.25) is 10.1 Å². The largest absolute Gasteiger partial charge is 0.422 e. The maximum Gasteiger partial charge on any atom is 0.345 e. The highest BCUT2D eigenvalue weighted by atomic mass is 79.9. The van der Waals surface area contributed by atoms with Gasteiger partial charge in [0.2, 0.25) is 0 Å². The van der Waals surface area contributed by atoms with Gasteiger partial charge in [0, 0.05) is 32.4 Å². The molecular weight excluding hydrogens is 530 g/mol. The number of non-ortho nitro benzene ring substituents is 1. The lowest BCUT2D eigenvalue weighted by Crippen LogP contribution is -2.03. The molecule has 0 saturated heterocycles. The predicted octanol–water partition coefficient (Wildman–Crippen LogP) is 6.77. The highest BCUT2D eigenvalue weighted by Crippen LogP contribution is 2.28. The molecule has 2 aromatic carbocycles. The van der Waals surface area contributed by atoms with E-state index in [1.165, 1.54) is 35.6 Å². The van der Waals surface area contributed by atoms with Crippen molar-refractivity contribution in [3.05, 3.63) is 102 Å². The average molecular weight is 541 g/mol. The first-order chi connectivity index (χ1) is 15.9. The number of nitrogens with zero attached hydrogens (tertiary/aromatic N) is 3. The molecule has 0 aliphatic rings. The summed E-state index contributed by atoms with van der Waals surface area (Å²) in [5.41, 5.74) is 0.986. The van der Waals surface area contributed by atoms with Crippen LogP contribution >= 0.6 is 38.9 Å². The van der Waals surface area contributed by atoms with E-state index in [1.807, 2.05) is 24.3 Å². The number of rotatable bonds is 5. The minimum absolute atomic E-state index is 0.120. The second kappa shape index (κ2) is 9.50. The number of nitro groups is 1. The Morgan fingerprint density at radius 3 is 2.67 bits per heavy atom. The Kier molecular flexibility index (Phi) is 6.51. The number of aromatic nitrogens is 1. The van der Waals surface area contributed by atoms with Crippen molar-refractivity contribution in [1.29, 1.82) is 5.26 Å². The standard InChI is InChI=1S/C23H11BrClN3O4S/c24-16-4-1-13(2-5-16)19(25)7-3-14(11-26)22-27-20(12-33-22)18-10-15-9-17(28(30)31)6-8-21(15)32-23(18)29/h1-10,12H. The van der Waals surface area contributed by atoms with Crippen LogP contribution in [0.25, 0.3) is 32.8 Å². The lowest BCUT2D eigenvalue weighted by atomic mass is 10.1. The molecule has 4 rings (SSSR count). The van der Waals surface area contributed by atoms with Crippen LogP contribution in [0, 0.1) is 21.4 Å². The molecule has 33 heavy (non-hydrogen) atoms. The third-order valence-corrected chi connectivity index (χ3v) is 6.32. The molecule has 0 aliphatic heterocycles. The van der Waals surface area contributed by atoms with Crippen molar-refractivity contribution in [3.63, 3.8) is 0 Å². The number of hydrogen-bond acceptors (Lipinski definition) is 7. The van der Waals surface area contributed by atoms with Crippen molar-refractivity contribution in [2.24, 2.45) is 0 Å². The van der Waals surface area contributed by atoms with E-state index in [4.69, 9.17) is 16.0 Å². The third-order valence-electron chi connectivity index (χ3n) is 4.57. The summed E-state index contributed by atoms with van der Waals surface area (Å²) in [4.78, 5) is 27.4. The van der Waals surface area contributed by atoms with Crippen LogP contribution in [0.1, 0.15) is 10.6 Å². The molecule has 4 aromatic rings. The van der Waals surface area contributed by atoms with Crippen LogP contribution in [0.15, 0.2) is 79.7 Å². The smallest absolute Gasteiger partial charge is 0.345 e. The summed E-state index contributed by atoms with van der Waals surface area (Å²) < 4.78 is 6.21. The van der Waals surface area contributed by atoms with Crippen molar-refractivity contribution in [2.45, 2.75) is 0 Å². The number of fused-ring (bicyclic) bond motifs is 1. The van der Waals surface area contributed by atoms with Crippen molar-refractivity contribution in [1.82, 2.24) is 4.98 Å². The van der Waals surface area contributed by atoms with E-state index in [0.29, 0.717) is 21.1 Å². The van der Waals surface area contributed by atoms with Crippen molar-refractivity contribution in [2.75, 3.05) is 0 Å². The molecule has 2 heterocycles. The molecule has 162 valence electrons. The molecular formula is C23H11BrClN3O4S. The maximum atomic E-state index is 12.5. The number of allylic oxidation sites excluding steroid dienone is 3. The molecule has 0 bridgehead atoms. The molecule has 0 N–H and O–H groups in total. The topological polar surface area (TPSA) is 110 Å². The van der Waals surface area contributed by atoms with Gasteiger partial charge in [0.25, 0.3) is 5.69 Å². The van der Waals surface area contributed by atoms with Crippen LogP contribution in [0.4, 0.5) is 5.69 Å². The van der Waals surface area contributed by atoms with E-state index in [9.17, 15) is 20.2 Å². The fraction of sp³-hybridized carbons (Fsp3) is 0. The zero-order valence-electron chi connectivity index (χ0n) is 16.5. The van der Waals surface area contributed by atoms with Crippen molar-refractivity contribution in [3.8, 4) is 17.3 Å². The number of nitriles is 1. The molecule has 0 fully saturated rings. The Morgan fingerprint density at radius 1 is 1.21 bits per heavy atom. The lowest BCUT2D eigenvalue weighted by molar-refractivity contribution is -0.384. The van der Waals surface area contributed by atoms with Gasteiger partial charge in [-0.2, -0.15) is 5.26 Å². The number of benzene rings is 2. The summed E-state index contributed by atoms with van der Waals surface area (Å²) in [6.45, 7) is 0. The zero-order chi connectivity index (χ0) is 23.5. The van der Waals surface area contributed by atoms with Gasteiger partial charge in [0.05, 0.1) is 21.8 Å². The summed E-state index contributed by atoms with van der Waals surface area (Å²) in [6.07, 6.45) is 3.16. The average Bonchev–Trinajstić information content (AvgIpc) is 3.28. The van der Waals surface area contributed by atoms with Gasteiger partial charge in [-0.1, -0.05) is 39.7 Å². The van der Waals surface area contributed by atoms with Crippen LogP contribution in [0.3, 0.4) is 0 Å². The van der Waals surface area contributed by atoms with E-state index in [1.54, 1.807) is 17.5 Å². The highest BCUT2D eigenvalue weighted by molar-refractivity contribution is 9.10. The maximum absolute atomic E-state index is 12.5. The Hall–Kier alpha value is -3.58. The Bertz CT molecular complexity index is 1550. The van der Waals surface area contributed by atoms with Crippen LogP contribution in [-0.2, 0) is 0 Å². The minimum atomic E-state index is -0.631. The van der Waals surface area contributed by atoms with E-state index in [-0.39, 0.29) is 22.4 Å². The predicted molar refractivity (Wildman–Crippen MR) is 132 cm³/mol. The van der Waals surface area contributed by atoms with Crippen molar-refractivity contribution >= 4 is 66.1 Å². The molecule has 0 aliphatic carbocycles. The van der Waals surface area contributed by atoms with Gasteiger partial charge < -0.3 is 4.42 Å². The molecule has 0 amide bonds. The van der Waals surface area contributed by atoms with Crippen LogP contribution < -0.4 is 5.63 Å². The molecule has 0 unspecified atom stereocenters. The first-order valence-electron chi connectivity index (χ1n) is 9.28. The normalized spacial score (nSPS) is 12.0. The van der Waals surface area contributed by atoms with Crippen molar-refractivity contribution < 1.29 is 9.34 Å². The van der Waals surface area contributed by atoms with Crippen LogP contribution in [0.5, 0.6) is 0 Å². The Morgan fingerprint density at radius 2 is 1.97 bits per heavy atom. The molecule has 7 nitrogen and oxygen atoms in total. The van der Waals surface area contributed by atoms with E-state index < -0.39 is 10.5 Å². The van der Waals surface area contributed by atoms with Gasteiger partial charge >= 0.3 is 5.63 Å². The fourth-order valence-corrected chi connectivity index (χ4v) is 4.19. The van der Waals surface area contributed by atoms with Crippen LogP contribution in [0.2, 0.25) is 0 Å². The lowest BCUT2D eigenvalue weighted by Gasteiger charge is -2.00. The second-order valence-corrected chi connectivity index (χ2v) is 8.86. The minimum Gasteiger partial charge on any atom is -0.422 e. The summed E-state index contributed by atoms with van der Waals surface area (Å²) in [6, 6.07) is 14.9. The molecule has 0 saturated carbocycles. The summed E-state index contributed by atoms with van der Waals surface area (Å²) in [5.74, 6) is 0. The summed E-state index contributed by atoms with van der Waals surface area (Å²) in [7, 11) is 0. The Labute approximate surface area is 204 Å². The van der Waals surface area contributed by atoms with E-state index >= 15 is 0 Å². The van der Waals surface area contributed by atoms with Gasteiger partial charge in [0.1, 0.15) is 16.7 Å². The number of halogens is 2. The number of thiazole rings is 1. The molecule has 0 radical (unpaired) electrons. The molecule has 2 aromatic heterocycles. The Balaban J connectivity index is 1.69. The van der Waals surface area contributed by atoms with Gasteiger partial charge in [-0.25, -0.2) is 9.78 Å². The zero-order valence-corrected chi connectivity index (χ0v) is 19.6. The van der Waals surface area contributed by atoms with E-state index in [2.05, 4.69) is 27.0 Å². The first-order valence-corrected chi connectivity index (χ1v) is 11.3. The first kappa shape index (κ1) is 22.6. The van der Waals surface area contributed by atoms with Gasteiger partial charge in [-0.05, 0) is 42.0 Å². The van der Waals surface area contributed by atoms with Gasteiger partial charge in [0.15, 0.2) is 0 Å². The fourth-order valence-electron chi connectivity index (χ4n) is 2.94. The molecule has 0 spiro atoms. The molecule has 10 heteroatoms. The monoisotopic (exact) mass is 539 g/mol. The summed E-state index contributed by atoms with van der Waals surface area (Å²) in [5, 5.41) is 23.5. The van der Waals surface area contributed by atoms with Crippen LogP contribution in [-0.4, -0.2) is 9.91 Å². The van der Waals surface area contributed by atoms with E-state index in [0.717, 1.165) is 10.0 Å². The van der Waals surface area contributed by atoms with Gasteiger partial charge in [-0.15, -0.1) is 11.3 Å². The summed E-state index contributed by atoms with van der Waals surface area (Å²) >= 11 is 10.9. The second-order valence-electron chi connectivity index (χ2n) is 6.68. The highest BCUT2D eigenvalue weighted by Gasteiger charge is 2.15. The SMILES string of the molecule is N#CC(=CC=C(Cl)c1ccc(Br)cc1)c1nc(-c2cc3cc([N+](=O)[O-])ccc3oc2=O)cs1. The number of hydrogen-bond donors (Lipinski definition) is 0. The number of nitro benzene ring substituents is 1.